The van der Waals surface area contributed by atoms with Crippen molar-refractivity contribution < 1.29 is 19.1 Å². The van der Waals surface area contributed by atoms with Crippen LogP contribution >= 0.6 is 0 Å². The van der Waals surface area contributed by atoms with E-state index >= 15 is 0 Å². The van der Waals surface area contributed by atoms with E-state index in [1.165, 1.54) is 0 Å². The predicted molar refractivity (Wildman–Crippen MR) is 84.0 cm³/mol. The second kappa shape index (κ2) is 6.22. The fraction of sp³-hybridized carbons (Fsp3) is 0.412. The molecule has 0 radical (unpaired) electrons. The Balaban J connectivity index is 2.27. The lowest BCUT2D eigenvalue weighted by atomic mass is 9.99. The highest BCUT2D eigenvalue weighted by atomic mass is 16.4. The number of aryl methyl sites for hydroxylation is 2. The summed E-state index contributed by atoms with van der Waals surface area (Å²) >= 11 is 0. The van der Waals surface area contributed by atoms with Crippen LogP contribution in [0.1, 0.15) is 41.9 Å². The number of rotatable bonds is 5. The second-order valence-electron chi connectivity index (χ2n) is 5.76. The van der Waals surface area contributed by atoms with Gasteiger partial charge in [0.25, 0.3) is 5.91 Å². The van der Waals surface area contributed by atoms with Gasteiger partial charge in [0.2, 0.25) is 0 Å². The van der Waals surface area contributed by atoms with Crippen LogP contribution in [0.4, 0.5) is 0 Å². The average Bonchev–Trinajstić information content (AvgIpc) is 2.86. The van der Waals surface area contributed by atoms with Crippen molar-refractivity contribution in [1.82, 2.24) is 5.32 Å². The summed E-state index contributed by atoms with van der Waals surface area (Å²) in [5.74, 6) is -1.56. The number of hydrogen-bond acceptors (Lipinski definition) is 3. The van der Waals surface area contributed by atoms with E-state index in [1.54, 1.807) is 13.0 Å². The molecule has 0 bridgehead atoms. The number of carbonyl (C=O) groups is 2. The van der Waals surface area contributed by atoms with Gasteiger partial charge in [-0.3, -0.25) is 4.79 Å². The summed E-state index contributed by atoms with van der Waals surface area (Å²) in [7, 11) is 0. The predicted octanol–water partition coefficient (Wildman–Crippen LogP) is 3.28. The van der Waals surface area contributed by atoms with Crippen LogP contribution in [-0.4, -0.2) is 23.0 Å². The van der Waals surface area contributed by atoms with Crippen LogP contribution in [0, 0.1) is 19.8 Å². The monoisotopic (exact) mass is 303 g/mol. The van der Waals surface area contributed by atoms with E-state index in [0.717, 1.165) is 16.5 Å². The molecule has 0 aliphatic heterocycles. The van der Waals surface area contributed by atoms with Crippen molar-refractivity contribution in [1.29, 1.82) is 0 Å². The average molecular weight is 303 g/mol. The molecule has 22 heavy (non-hydrogen) atoms. The van der Waals surface area contributed by atoms with Crippen LogP contribution in [0.2, 0.25) is 0 Å². The third-order valence-electron chi connectivity index (χ3n) is 4.12. The Morgan fingerprint density at radius 2 is 1.86 bits per heavy atom. The van der Waals surface area contributed by atoms with E-state index in [4.69, 9.17) is 4.42 Å². The van der Waals surface area contributed by atoms with Gasteiger partial charge in [0, 0.05) is 5.39 Å². The zero-order chi connectivity index (χ0) is 16.4. The maximum Gasteiger partial charge on any atom is 0.326 e. The van der Waals surface area contributed by atoms with Gasteiger partial charge in [-0.2, -0.15) is 0 Å². The summed E-state index contributed by atoms with van der Waals surface area (Å²) in [6, 6.07) is 4.56. The van der Waals surface area contributed by atoms with Crippen molar-refractivity contribution in [2.45, 2.75) is 40.2 Å². The number of benzene rings is 1. The zero-order valence-corrected chi connectivity index (χ0v) is 13.3. The van der Waals surface area contributed by atoms with Gasteiger partial charge in [0.05, 0.1) is 0 Å². The number of carbonyl (C=O) groups excluding carboxylic acids is 1. The number of carboxylic acids is 1. The van der Waals surface area contributed by atoms with Gasteiger partial charge in [-0.25, -0.2) is 4.79 Å². The third kappa shape index (κ3) is 3.13. The Morgan fingerprint density at radius 3 is 2.45 bits per heavy atom. The molecule has 0 saturated carbocycles. The van der Waals surface area contributed by atoms with Crippen LogP contribution in [0.15, 0.2) is 22.6 Å². The zero-order valence-electron chi connectivity index (χ0n) is 13.3. The highest BCUT2D eigenvalue weighted by Gasteiger charge is 2.27. The maximum atomic E-state index is 12.3. The first-order valence-corrected chi connectivity index (χ1v) is 7.38. The fourth-order valence-electron chi connectivity index (χ4n) is 2.31. The molecule has 2 rings (SSSR count). The van der Waals surface area contributed by atoms with Crippen LogP contribution < -0.4 is 5.32 Å². The van der Waals surface area contributed by atoms with E-state index in [0.29, 0.717) is 12.0 Å². The molecular weight excluding hydrogens is 282 g/mol. The molecule has 2 N–H and O–H groups in total. The summed E-state index contributed by atoms with van der Waals surface area (Å²) < 4.78 is 5.55. The first-order chi connectivity index (χ1) is 10.3. The summed E-state index contributed by atoms with van der Waals surface area (Å²) in [6.07, 6.45) is 0.662. The first-order valence-electron chi connectivity index (χ1n) is 7.38. The number of hydrogen-bond donors (Lipinski definition) is 2. The number of aliphatic carboxylic acids is 1. The molecule has 0 saturated heterocycles. The quantitative estimate of drug-likeness (QED) is 0.888. The van der Waals surface area contributed by atoms with Crippen molar-refractivity contribution in [3.05, 3.63) is 35.1 Å². The molecule has 1 aromatic heterocycles. The molecule has 5 nitrogen and oxygen atoms in total. The summed E-state index contributed by atoms with van der Waals surface area (Å²) in [6.45, 7) is 7.65. The second-order valence-corrected chi connectivity index (χ2v) is 5.76. The van der Waals surface area contributed by atoms with E-state index < -0.39 is 17.9 Å². The molecule has 2 aromatic rings. The summed E-state index contributed by atoms with van der Waals surface area (Å²) in [5, 5.41) is 12.6. The normalized spacial score (nSPS) is 13.8. The molecule has 2 atom stereocenters. The van der Waals surface area contributed by atoms with Crippen LogP contribution in [-0.2, 0) is 4.79 Å². The van der Waals surface area contributed by atoms with Crippen molar-refractivity contribution in [3.63, 3.8) is 0 Å². The van der Waals surface area contributed by atoms with Crippen molar-refractivity contribution >= 4 is 22.8 Å². The van der Waals surface area contributed by atoms with Gasteiger partial charge in [0.1, 0.15) is 11.6 Å². The number of nitrogens with one attached hydrogen (secondary N) is 1. The molecule has 5 heteroatoms. The standard InChI is InChI=1S/C17H21NO4/c1-5-9(2)15(17(20)21)18-16(19)14-8-12-6-10(3)11(4)7-13(12)22-14/h6-9,15H,5H2,1-4H3,(H,18,19)(H,20,21). The Morgan fingerprint density at radius 1 is 1.23 bits per heavy atom. The number of furan rings is 1. The van der Waals surface area contributed by atoms with E-state index in [9.17, 15) is 14.7 Å². The smallest absolute Gasteiger partial charge is 0.326 e. The van der Waals surface area contributed by atoms with Gasteiger partial charge in [0.15, 0.2) is 5.76 Å². The molecule has 2 unspecified atom stereocenters. The minimum absolute atomic E-state index is 0.134. The highest BCUT2D eigenvalue weighted by Crippen LogP contribution is 2.23. The Hall–Kier alpha value is -2.30. The summed E-state index contributed by atoms with van der Waals surface area (Å²) in [4.78, 5) is 23.5. The van der Waals surface area contributed by atoms with Gasteiger partial charge in [-0.05, 0) is 49.1 Å². The third-order valence-corrected chi connectivity index (χ3v) is 4.12. The molecule has 1 heterocycles. The van der Waals surface area contributed by atoms with E-state index in [1.807, 2.05) is 32.9 Å². The van der Waals surface area contributed by atoms with Crippen molar-refractivity contribution in [2.75, 3.05) is 0 Å². The lowest BCUT2D eigenvalue weighted by Crippen LogP contribution is -2.44. The first kappa shape index (κ1) is 16.1. The van der Waals surface area contributed by atoms with Gasteiger partial charge in [-0.1, -0.05) is 20.3 Å². The Bertz CT molecular complexity index is 678. The SMILES string of the molecule is CCC(C)C(NC(=O)c1cc2cc(C)c(C)cc2o1)C(=O)O. The molecule has 1 aromatic carbocycles. The highest BCUT2D eigenvalue weighted by molar-refractivity contribution is 5.98. The number of fused-ring (bicyclic) bond motifs is 1. The van der Waals surface area contributed by atoms with Gasteiger partial charge in [-0.15, -0.1) is 0 Å². The fourth-order valence-corrected chi connectivity index (χ4v) is 2.31. The topological polar surface area (TPSA) is 79.5 Å². The van der Waals surface area contributed by atoms with Crippen molar-refractivity contribution in [2.24, 2.45) is 5.92 Å². The minimum atomic E-state index is -1.04. The maximum absolute atomic E-state index is 12.3. The molecule has 0 aliphatic rings. The van der Waals surface area contributed by atoms with Gasteiger partial charge < -0.3 is 14.8 Å². The molecule has 1 amide bonds. The molecular formula is C17H21NO4. The lowest BCUT2D eigenvalue weighted by Gasteiger charge is -2.19. The summed E-state index contributed by atoms with van der Waals surface area (Å²) in [5.41, 5.74) is 2.82. The molecule has 0 spiro atoms. The number of carboxylic acid groups (broad SMARTS) is 1. The molecule has 0 fully saturated rings. The van der Waals surface area contributed by atoms with Gasteiger partial charge >= 0.3 is 5.97 Å². The van der Waals surface area contributed by atoms with E-state index in [2.05, 4.69) is 5.32 Å². The molecule has 118 valence electrons. The number of amides is 1. The minimum Gasteiger partial charge on any atom is -0.480 e. The lowest BCUT2D eigenvalue weighted by molar-refractivity contribution is -0.140. The van der Waals surface area contributed by atoms with Crippen molar-refractivity contribution in [3.8, 4) is 0 Å². The largest absolute Gasteiger partial charge is 0.480 e. The van der Waals surface area contributed by atoms with Crippen LogP contribution in [0.5, 0.6) is 0 Å². The Kier molecular flexibility index (Phi) is 4.54. The van der Waals surface area contributed by atoms with E-state index in [-0.39, 0.29) is 11.7 Å². The molecule has 0 aliphatic carbocycles. The van der Waals surface area contributed by atoms with Crippen LogP contribution in [0.25, 0.3) is 11.0 Å². The van der Waals surface area contributed by atoms with Crippen LogP contribution in [0.3, 0.4) is 0 Å². The Labute approximate surface area is 129 Å².